The van der Waals surface area contributed by atoms with Gasteiger partial charge in [-0.2, -0.15) is 5.10 Å². The number of aromatic nitrogens is 2. The van der Waals surface area contributed by atoms with Crippen LogP contribution in [0.5, 0.6) is 17.2 Å². The molecule has 2 aliphatic heterocycles. The number of fused-ring (bicyclic) bond motifs is 5. The number of phenols is 1. The van der Waals surface area contributed by atoms with E-state index in [0.717, 1.165) is 37.5 Å². The van der Waals surface area contributed by atoms with Gasteiger partial charge in [0.1, 0.15) is 11.5 Å². The number of nitrogens with zero attached hydrogens (tertiary/aromatic N) is 4. The van der Waals surface area contributed by atoms with Crippen LogP contribution >= 0.6 is 22.9 Å². The number of carbonyl (C=O) groups is 4. The van der Waals surface area contributed by atoms with Crippen LogP contribution in [0.15, 0.2) is 109 Å². The zero-order valence-electron chi connectivity index (χ0n) is 35.7. The fourth-order valence-electron chi connectivity index (χ4n) is 10.5. The number of anilines is 4. The first-order valence-electron chi connectivity index (χ1n) is 21.1. The average Bonchev–Trinajstić information content (AvgIpc) is 3.97. The van der Waals surface area contributed by atoms with Crippen LogP contribution in [0, 0.1) is 41.9 Å². The minimum Gasteiger partial charge on any atom is -0.502 e. The van der Waals surface area contributed by atoms with Crippen molar-refractivity contribution in [2.24, 2.45) is 42.1 Å². The van der Waals surface area contributed by atoms with Gasteiger partial charge in [-0.25, -0.2) is 4.90 Å². The minimum absolute atomic E-state index is 0.151. The molecular weight excluding hydrogens is 850 g/mol. The Labute approximate surface area is 378 Å². The highest BCUT2D eigenvalue weighted by atomic mass is 35.5. The summed E-state index contributed by atoms with van der Waals surface area (Å²) in [5, 5.41) is 20.5. The van der Waals surface area contributed by atoms with E-state index in [2.05, 4.69) is 5.32 Å². The molecule has 3 fully saturated rings. The number of para-hydroxylation sites is 1. The van der Waals surface area contributed by atoms with E-state index in [0.29, 0.717) is 34.2 Å². The highest BCUT2D eigenvalue weighted by Gasteiger charge is 2.67. The van der Waals surface area contributed by atoms with Crippen molar-refractivity contribution in [1.29, 1.82) is 0 Å². The van der Waals surface area contributed by atoms with Crippen LogP contribution in [0.25, 0.3) is 26.7 Å². The van der Waals surface area contributed by atoms with E-state index >= 15 is 9.59 Å². The van der Waals surface area contributed by atoms with Gasteiger partial charge in [0, 0.05) is 40.1 Å². The minimum atomic E-state index is -1.28. The summed E-state index contributed by atoms with van der Waals surface area (Å²) in [5.41, 5.74) is 3.98. The Morgan fingerprint density at radius 2 is 1.58 bits per heavy atom. The number of ether oxygens (including phenoxy) is 2. The predicted molar refractivity (Wildman–Crippen MR) is 248 cm³/mol. The van der Waals surface area contributed by atoms with Gasteiger partial charge in [-0.15, -0.1) is 11.3 Å². The third-order valence-electron chi connectivity index (χ3n) is 13.7. The van der Waals surface area contributed by atoms with Crippen LogP contribution in [0.1, 0.15) is 30.9 Å². The Kier molecular flexibility index (Phi) is 10.0. The lowest BCUT2D eigenvalue weighted by molar-refractivity contribution is -0.132. The van der Waals surface area contributed by atoms with Crippen LogP contribution in [0.4, 0.5) is 22.9 Å². The number of aryl methyl sites for hydroxylation is 2. The first-order chi connectivity index (χ1) is 30.8. The Hall–Kier alpha value is -6.70. The largest absolute Gasteiger partial charge is 0.502 e. The Bertz CT molecular complexity index is 2970. The molecule has 0 bridgehead atoms. The van der Waals surface area contributed by atoms with Gasteiger partial charge in [-0.3, -0.25) is 28.8 Å². The number of hydrogen-bond acceptors (Lipinski definition) is 10. The molecule has 4 amide bonds. The Morgan fingerprint density at radius 1 is 0.875 bits per heavy atom. The number of thiophene rings is 1. The summed E-state index contributed by atoms with van der Waals surface area (Å²) in [6, 6.07) is 27.8. The van der Waals surface area contributed by atoms with Gasteiger partial charge in [0.25, 0.3) is 0 Å². The fourth-order valence-corrected chi connectivity index (χ4v) is 11.8. The smallest absolute Gasteiger partial charge is 0.242 e. The number of aromatic hydroxyl groups is 1. The van der Waals surface area contributed by atoms with Crippen molar-refractivity contribution in [2.75, 3.05) is 29.3 Å². The van der Waals surface area contributed by atoms with E-state index in [1.807, 2.05) is 92.7 Å². The molecule has 0 unspecified atom stereocenters. The second-order valence-corrected chi connectivity index (χ2v) is 18.6. The SMILES string of the molecule is COc1cc(C=C[C@H]2C3=CC[C@@H]4C(=O)N(c5ccc(Nc6ccccc6)cc5)C(=O)[C@@H]4[C@@H]3C[C@H]3C(=O)N(c4cc(-c5sc6ccc(Cl)cc6c5C)nn4C)C(=O)[C@@]23C)cc(OC)c1O. The zero-order valence-corrected chi connectivity index (χ0v) is 37.2. The van der Waals surface area contributed by atoms with E-state index < -0.39 is 35.0 Å². The summed E-state index contributed by atoms with van der Waals surface area (Å²) < 4.78 is 13.5. The van der Waals surface area contributed by atoms with Crippen molar-refractivity contribution < 1.29 is 33.8 Å². The third kappa shape index (κ3) is 6.35. The van der Waals surface area contributed by atoms with Crippen LogP contribution in [0.3, 0.4) is 0 Å². The molecule has 0 spiro atoms. The summed E-state index contributed by atoms with van der Waals surface area (Å²) in [6.07, 6.45) is 6.24. The highest BCUT2D eigenvalue weighted by Crippen LogP contribution is 2.61. The van der Waals surface area contributed by atoms with Crippen molar-refractivity contribution >= 4 is 85.6 Å². The highest BCUT2D eigenvalue weighted by molar-refractivity contribution is 7.22. The second-order valence-electron chi connectivity index (χ2n) is 17.1. The van der Waals surface area contributed by atoms with Crippen LogP contribution in [-0.2, 0) is 26.2 Å². The second kappa shape index (κ2) is 15.5. The summed E-state index contributed by atoms with van der Waals surface area (Å²) >= 11 is 7.92. The number of halogens is 1. The number of phenolic OH excluding ortho intramolecular Hbond substituents is 1. The fraction of sp³-hybridized carbons (Fsp3) is 0.260. The number of methoxy groups -OCH3 is 2. The van der Waals surface area contributed by atoms with Gasteiger partial charge < -0.3 is 19.9 Å². The number of benzene rings is 4. The molecule has 1 saturated carbocycles. The van der Waals surface area contributed by atoms with Gasteiger partial charge >= 0.3 is 0 Å². The maximum absolute atomic E-state index is 15.3. The molecule has 2 aromatic heterocycles. The van der Waals surface area contributed by atoms with Gasteiger partial charge in [0.15, 0.2) is 11.5 Å². The van der Waals surface area contributed by atoms with Gasteiger partial charge in [-0.05, 0) is 116 Å². The molecule has 2 N–H and O–H groups in total. The number of amides is 4. The molecule has 12 nitrogen and oxygen atoms in total. The maximum atomic E-state index is 15.3. The number of allylic oxidation sites excluding steroid dienone is 3. The molecule has 10 rings (SSSR count). The normalized spacial score (nSPS) is 24.0. The molecular formula is C50H44ClN5O7S. The van der Waals surface area contributed by atoms with Gasteiger partial charge in [0.05, 0.1) is 48.0 Å². The molecule has 0 radical (unpaired) electrons. The van der Waals surface area contributed by atoms with Crippen molar-refractivity contribution in [2.45, 2.75) is 26.7 Å². The van der Waals surface area contributed by atoms with Crippen molar-refractivity contribution in [3.63, 3.8) is 0 Å². The maximum Gasteiger partial charge on any atom is 0.242 e. The monoisotopic (exact) mass is 893 g/mol. The van der Waals surface area contributed by atoms with E-state index in [1.54, 1.807) is 53.4 Å². The lowest BCUT2D eigenvalue weighted by atomic mass is 9.52. The van der Waals surface area contributed by atoms with Crippen molar-refractivity contribution in [3.8, 4) is 27.8 Å². The molecule has 4 heterocycles. The molecule has 6 aromatic rings. The molecule has 6 atom stereocenters. The van der Waals surface area contributed by atoms with E-state index in [9.17, 15) is 14.7 Å². The summed E-state index contributed by atoms with van der Waals surface area (Å²) in [4.78, 5) is 62.8. The van der Waals surface area contributed by atoms with E-state index in [1.165, 1.54) is 24.0 Å². The first-order valence-corrected chi connectivity index (χ1v) is 22.3. The first kappa shape index (κ1) is 41.3. The standard InChI is InChI=1S/C50H44ClN5O7S/c1-26-34-23-28(51)12-20-41(34)64-45(26)38-25-42(54(3)53-38)56-47(59)37-24-35-32(36(50(37,2)49(56)61)19-11-27-21-39(62-4)44(57)40(22-27)63-5)17-18-33-43(35)48(60)55(46(33)58)31-15-13-30(14-16-31)52-29-9-7-6-8-10-29/h6-17,19-23,25,33,35-37,43,52,57H,18,24H2,1-5H3/t33-,35+,36-,37-,43-,50-/m0/s1. The molecule has 2 saturated heterocycles. The molecule has 2 aliphatic carbocycles. The topological polar surface area (TPSA) is 143 Å². The average molecular weight is 894 g/mol. The van der Waals surface area contributed by atoms with Crippen molar-refractivity contribution in [1.82, 2.24) is 9.78 Å². The van der Waals surface area contributed by atoms with E-state index in [-0.39, 0.29) is 47.3 Å². The quantitative estimate of drug-likeness (QED) is 0.107. The summed E-state index contributed by atoms with van der Waals surface area (Å²) in [5.74, 6) is -4.17. The number of imide groups is 2. The van der Waals surface area contributed by atoms with Crippen LogP contribution in [-0.4, -0.2) is 52.7 Å². The summed E-state index contributed by atoms with van der Waals surface area (Å²) in [6.45, 7) is 3.85. The number of rotatable bonds is 9. The molecule has 4 aromatic carbocycles. The van der Waals surface area contributed by atoms with Crippen LogP contribution < -0.4 is 24.6 Å². The Morgan fingerprint density at radius 3 is 2.28 bits per heavy atom. The lowest BCUT2D eigenvalue weighted by Crippen LogP contribution is -2.49. The van der Waals surface area contributed by atoms with Gasteiger partial charge in [0.2, 0.25) is 29.4 Å². The molecule has 324 valence electrons. The predicted octanol–water partition coefficient (Wildman–Crippen LogP) is 9.71. The van der Waals surface area contributed by atoms with Crippen LogP contribution in [0.2, 0.25) is 5.02 Å². The molecule has 14 heteroatoms. The number of nitrogens with one attached hydrogen (secondary N) is 1. The third-order valence-corrected chi connectivity index (χ3v) is 15.3. The number of carbonyl (C=O) groups excluding carboxylic acids is 4. The van der Waals surface area contributed by atoms with Crippen molar-refractivity contribution in [3.05, 3.63) is 125 Å². The Balaban J connectivity index is 1.03. The number of hydrogen-bond donors (Lipinski definition) is 2. The summed E-state index contributed by atoms with van der Waals surface area (Å²) in [7, 11) is 4.61. The lowest BCUT2D eigenvalue weighted by Gasteiger charge is -2.47. The molecule has 64 heavy (non-hydrogen) atoms. The van der Waals surface area contributed by atoms with E-state index in [4.69, 9.17) is 26.2 Å². The van der Waals surface area contributed by atoms with Gasteiger partial charge in [-0.1, -0.05) is 53.6 Å². The molecule has 4 aliphatic rings. The zero-order chi connectivity index (χ0) is 44.8.